The lowest BCUT2D eigenvalue weighted by molar-refractivity contribution is 1.02. The Morgan fingerprint density at radius 2 is 2.21 bits per heavy atom. The molecule has 0 unspecified atom stereocenters. The molecular weight excluding hydrogens is 285 g/mol. The molecule has 0 aromatic heterocycles. The van der Waals surface area contributed by atoms with Crippen LogP contribution in [0.25, 0.3) is 0 Å². The topological polar surface area (TPSA) is 3.24 Å². The van der Waals surface area contributed by atoms with Crippen molar-refractivity contribution in [2.45, 2.75) is 6.42 Å². The van der Waals surface area contributed by atoms with E-state index in [1.807, 2.05) is 6.08 Å². The average Bonchev–Trinajstić information content (AvgIpc) is 2.23. The molecule has 0 bridgehead atoms. The minimum Gasteiger partial charge on any atom is -0.333 e. The lowest BCUT2D eigenvalue weighted by Gasteiger charge is -2.28. The Bertz CT molecular complexity index is 382. The van der Waals surface area contributed by atoms with Crippen LogP contribution in [0.4, 0.5) is 5.69 Å². The van der Waals surface area contributed by atoms with Crippen LogP contribution in [0.1, 0.15) is 5.56 Å². The first-order valence-corrected chi connectivity index (χ1v) is 5.73. The molecule has 0 spiro atoms. The number of fused-ring (bicyclic) bond motifs is 1. The predicted octanol–water partition coefficient (Wildman–Crippen LogP) is 3.51. The first-order valence-electron chi connectivity index (χ1n) is 4.65. The molecule has 14 heavy (non-hydrogen) atoms. The highest BCUT2D eigenvalue weighted by atomic mass is 127. The fraction of sp³-hybridized carbons (Fsp3) is 0.167. The highest BCUT2D eigenvalue weighted by Gasteiger charge is 2.15. The number of nitrogens with zero attached hydrogens (tertiary/aromatic N) is 1. The van der Waals surface area contributed by atoms with Crippen molar-refractivity contribution < 1.29 is 0 Å². The van der Waals surface area contributed by atoms with Crippen molar-refractivity contribution in [3.63, 3.8) is 0 Å². The van der Waals surface area contributed by atoms with E-state index in [9.17, 15) is 0 Å². The lowest BCUT2D eigenvalue weighted by atomic mass is 10.1. The van der Waals surface area contributed by atoms with Crippen LogP contribution in [-0.4, -0.2) is 6.54 Å². The zero-order valence-corrected chi connectivity index (χ0v) is 10.1. The highest BCUT2D eigenvalue weighted by molar-refractivity contribution is 14.1. The molecule has 0 atom stereocenters. The van der Waals surface area contributed by atoms with Crippen LogP contribution in [0, 0.1) is 0 Å². The first-order chi connectivity index (χ1) is 6.83. The Labute approximate surface area is 98.3 Å². The molecule has 0 fully saturated rings. The summed E-state index contributed by atoms with van der Waals surface area (Å²) in [5.41, 5.74) is 2.72. The molecule has 1 aliphatic heterocycles. The second-order valence-electron chi connectivity index (χ2n) is 3.26. The Kier molecular flexibility index (Phi) is 2.91. The summed E-state index contributed by atoms with van der Waals surface area (Å²) in [6.45, 7) is 4.67. The molecule has 0 aliphatic carbocycles. The van der Waals surface area contributed by atoms with Crippen LogP contribution in [0.2, 0.25) is 0 Å². The summed E-state index contributed by atoms with van der Waals surface area (Å²) < 4.78 is 1.29. The summed E-state index contributed by atoms with van der Waals surface area (Å²) in [4.78, 5) is 2.28. The quantitative estimate of drug-likeness (QED) is 0.459. The van der Waals surface area contributed by atoms with Crippen LogP contribution in [0.5, 0.6) is 0 Å². The summed E-state index contributed by atoms with van der Waals surface area (Å²) in [5.74, 6) is 0. The fourth-order valence-corrected chi connectivity index (χ4v) is 2.36. The Morgan fingerprint density at radius 3 is 3.00 bits per heavy atom. The van der Waals surface area contributed by atoms with E-state index in [0.29, 0.717) is 0 Å². The summed E-state index contributed by atoms with van der Waals surface area (Å²) in [5, 5.41) is 0. The van der Waals surface area contributed by atoms with Gasteiger partial charge in [0.25, 0.3) is 0 Å². The number of benzene rings is 1. The standard InChI is InChI=1S/C12H12IN/c1-2-9-14-11-6-4-3-5-10(11)7-8-12(14)13/h2-6,8H,1,7,9H2. The summed E-state index contributed by atoms with van der Waals surface area (Å²) in [6, 6.07) is 8.54. The van der Waals surface area contributed by atoms with Crippen molar-refractivity contribution in [2.75, 3.05) is 11.4 Å². The monoisotopic (exact) mass is 297 g/mol. The summed E-state index contributed by atoms with van der Waals surface area (Å²) in [6.07, 6.45) is 5.24. The van der Waals surface area contributed by atoms with Gasteiger partial charge in [0, 0.05) is 12.2 Å². The van der Waals surface area contributed by atoms with Crippen LogP contribution in [0.3, 0.4) is 0 Å². The third kappa shape index (κ3) is 1.71. The Hall–Kier alpha value is -0.770. The van der Waals surface area contributed by atoms with Crippen molar-refractivity contribution in [3.8, 4) is 0 Å². The van der Waals surface area contributed by atoms with Crippen molar-refractivity contribution in [2.24, 2.45) is 0 Å². The molecule has 1 aliphatic rings. The van der Waals surface area contributed by atoms with Crippen molar-refractivity contribution >= 4 is 28.3 Å². The van der Waals surface area contributed by atoms with Crippen LogP contribution in [0.15, 0.2) is 46.7 Å². The van der Waals surface area contributed by atoms with Gasteiger partial charge in [0.2, 0.25) is 0 Å². The third-order valence-electron chi connectivity index (χ3n) is 2.34. The van der Waals surface area contributed by atoms with Gasteiger partial charge in [-0.1, -0.05) is 24.3 Å². The van der Waals surface area contributed by atoms with Gasteiger partial charge in [-0.3, -0.25) is 0 Å². The molecule has 2 heteroatoms. The Morgan fingerprint density at radius 1 is 1.43 bits per heavy atom. The minimum atomic E-state index is 0.881. The number of halogens is 1. The third-order valence-corrected chi connectivity index (χ3v) is 3.37. The maximum absolute atomic E-state index is 3.79. The fourth-order valence-electron chi connectivity index (χ4n) is 1.68. The van der Waals surface area contributed by atoms with Gasteiger partial charge in [-0.2, -0.15) is 0 Å². The van der Waals surface area contributed by atoms with Gasteiger partial charge in [-0.25, -0.2) is 0 Å². The van der Waals surface area contributed by atoms with E-state index in [2.05, 4.69) is 64.4 Å². The van der Waals surface area contributed by atoms with E-state index in [1.165, 1.54) is 15.0 Å². The summed E-state index contributed by atoms with van der Waals surface area (Å²) >= 11 is 2.38. The van der Waals surface area contributed by atoms with Crippen molar-refractivity contribution in [3.05, 3.63) is 52.3 Å². The van der Waals surface area contributed by atoms with Gasteiger partial charge in [0.1, 0.15) is 0 Å². The maximum atomic E-state index is 3.79. The number of anilines is 1. The molecule has 1 heterocycles. The predicted molar refractivity (Wildman–Crippen MR) is 69.8 cm³/mol. The first kappa shape index (κ1) is 9.77. The zero-order chi connectivity index (χ0) is 9.97. The van der Waals surface area contributed by atoms with E-state index < -0.39 is 0 Å². The zero-order valence-electron chi connectivity index (χ0n) is 7.91. The number of hydrogen-bond acceptors (Lipinski definition) is 1. The summed E-state index contributed by atoms with van der Waals surface area (Å²) in [7, 11) is 0. The second kappa shape index (κ2) is 4.17. The van der Waals surface area contributed by atoms with Crippen molar-refractivity contribution in [1.29, 1.82) is 0 Å². The minimum absolute atomic E-state index is 0.881. The number of rotatable bonds is 2. The number of hydrogen-bond donors (Lipinski definition) is 0. The molecular formula is C12H12IN. The molecule has 72 valence electrons. The van der Waals surface area contributed by atoms with Gasteiger partial charge < -0.3 is 4.90 Å². The average molecular weight is 297 g/mol. The van der Waals surface area contributed by atoms with Gasteiger partial charge in [-0.05, 0) is 46.7 Å². The SMILES string of the molecule is C=CCN1C(I)=CCc2ccccc21. The van der Waals surface area contributed by atoms with E-state index >= 15 is 0 Å². The van der Waals surface area contributed by atoms with Gasteiger partial charge in [0.05, 0.1) is 3.70 Å². The van der Waals surface area contributed by atoms with Crippen LogP contribution in [-0.2, 0) is 6.42 Å². The highest BCUT2D eigenvalue weighted by Crippen LogP contribution is 2.31. The van der Waals surface area contributed by atoms with Gasteiger partial charge >= 0.3 is 0 Å². The number of allylic oxidation sites excluding steroid dienone is 1. The van der Waals surface area contributed by atoms with E-state index in [0.717, 1.165) is 13.0 Å². The molecule has 1 aromatic rings. The largest absolute Gasteiger partial charge is 0.333 e. The van der Waals surface area contributed by atoms with E-state index in [4.69, 9.17) is 0 Å². The van der Waals surface area contributed by atoms with Crippen LogP contribution >= 0.6 is 22.6 Å². The van der Waals surface area contributed by atoms with E-state index in [1.54, 1.807) is 0 Å². The van der Waals surface area contributed by atoms with Crippen LogP contribution < -0.4 is 4.90 Å². The molecule has 1 nitrogen and oxygen atoms in total. The molecule has 0 saturated heterocycles. The molecule has 0 saturated carbocycles. The molecule has 2 rings (SSSR count). The second-order valence-corrected chi connectivity index (χ2v) is 4.36. The molecule has 0 N–H and O–H groups in total. The van der Waals surface area contributed by atoms with Gasteiger partial charge in [0.15, 0.2) is 0 Å². The lowest BCUT2D eigenvalue weighted by Crippen LogP contribution is -2.23. The molecule has 0 radical (unpaired) electrons. The van der Waals surface area contributed by atoms with Crippen molar-refractivity contribution in [1.82, 2.24) is 0 Å². The Balaban J connectivity index is 2.41. The molecule has 0 amide bonds. The van der Waals surface area contributed by atoms with Gasteiger partial charge in [-0.15, -0.1) is 6.58 Å². The normalized spacial score (nSPS) is 14.6. The maximum Gasteiger partial charge on any atom is 0.0768 e. The van der Waals surface area contributed by atoms with E-state index in [-0.39, 0.29) is 0 Å². The molecule has 1 aromatic carbocycles. The number of para-hydroxylation sites is 1. The smallest absolute Gasteiger partial charge is 0.0768 e.